The maximum Gasteiger partial charge on any atom is 0.244 e. The van der Waals surface area contributed by atoms with Gasteiger partial charge in [0.1, 0.15) is 18.3 Å². The lowest BCUT2D eigenvalue weighted by atomic mass is 10.1. The lowest BCUT2D eigenvalue weighted by Gasteiger charge is -2.32. The first-order valence-corrected chi connectivity index (χ1v) is 13.5. The molecule has 0 saturated heterocycles. The third-order valence-corrected chi connectivity index (χ3v) is 6.99. The van der Waals surface area contributed by atoms with Gasteiger partial charge in [-0.3, -0.25) is 13.9 Å². The fraction of sp³-hybridized carbons (Fsp3) is 0.440. The third kappa shape index (κ3) is 7.86. The molecule has 2 aromatic carbocycles. The van der Waals surface area contributed by atoms with Crippen molar-refractivity contribution in [3.05, 3.63) is 58.6 Å². The second kappa shape index (κ2) is 12.3. The van der Waals surface area contributed by atoms with Gasteiger partial charge in [-0.25, -0.2) is 8.42 Å². The number of hydrogen-bond donors (Lipinski definition) is 1. The predicted octanol–water partition coefficient (Wildman–Crippen LogP) is 3.61. The first-order chi connectivity index (χ1) is 16.3. The van der Waals surface area contributed by atoms with Crippen LogP contribution >= 0.6 is 11.6 Å². The van der Waals surface area contributed by atoms with Gasteiger partial charge < -0.3 is 15.0 Å². The Labute approximate surface area is 213 Å². The summed E-state index contributed by atoms with van der Waals surface area (Å²) in [6.07, 6.45) is 1.02. The molecule has 0 heterocycles. The molecule has 0 aliphatic carbocycles. The molecule has 0 radical (unpaired) electrons. The number of anilines is 1. The minimum Gasteiger partial charge on any atom is -0.495 e. The number of carbonyl (C=O) groups is 2. The van der Waals surface area contributed by atoms with Crippen LogP contribution in [0.15, 0.2) is 42.5 Å². The molecule has 10 heteroatoms. The van der Waals surface area contributed by atoms with E-state index < -0.39 is 28.5 Å². The summed E-state index contributed by atoms with van der Waals surface area (Å²) in [7, 11) is -2.39. The van der Waals surface area contributed by atoms with Crippen molar-refractivity contribution in [1.82, 2.24) is 10.2 Å². The van der Waals surface area contributed by atoms with Gasteiger partial charge in [0.15, 0.2) is 0 Å². The number of nitrogens with zero attached hydrogens (tertiary/aromatic N) is 2. The molecule has 0 spiro atoms. The molecule has 0 bridgehead atoms. The smallest absolute Gasteiger partial charge is 0.244 e. The van der Waals surface area contributed by atoms with Gasteiger partial charge in [0.05, 0.1) is 24.1 Å². The number of carbonyl (C=O) groups excluding carboxylic acids is 2. The maximum absolute atomic E-state index is 13.6. The van der Waals surface area contributed by atoms with Crippen LogP contribution in [0.5, 0.6) is 5.75 Å². The lowest BCUT2D eigenvalue weighted by Crippen LogP contribution is -2.51. The minimum absolute atomic E-state index is 0.155. The van der Waals surface area contributed by atoms with E-state index in [1.165, 1.54) is 30.2 Å². The second-order valence-electron chi connectivity index (χ2n) is 8.85. The van der Waals surface area contributed by atoms with E-state index in [9.17, 15) is 18.0 Å². The van der Waals surface area contributed by atoms with Crippen molar-refractivity contribution in [1.29, 1.82) is 0 Å². The van der Waals surface area contributed by atoms with Crippen molar-refractivity contribution in [2.75, 3.05) is 30.8 Å². The Morgan fingerprint density at radius 3 is 2.31 bits per heavy atom. The van der Waals surface area contributed by atoms with Crippen molar-refractivity contribution < 1.29 is 22.7 Å². The van der Waals surface area contributed by atoms with E-state index in [1.54, 1.807) is 6.92 Å². The van der Waals surface area contributed by atoms with Gasteiger partial charge in [-0.15, -0.1) is 0 Å². The Morgan fingerprint density at radius 1 is 1.11 bits per heavy atom. The first kappa shape index (κ1) is 28.5. The predicted molar refractivity (Wildman–Crippen MR) is 139 cm³/mol. The van der Waals surface area contributed by atoms with Gasteiger partial charge in [0.25, 0.3) is 0 Å². The highest BCUT2D eigenvalue weighted by Crippen LogP contribution is 2.30. The Balaban J connectivity index is 2.41. The zero-order valence-corrected chi connectivity index (χ0v) is 22.6. The van der Waals surface area contributed by atoms with Crippen molar-refractivity contribution >= 4 is 39.1 Å². The molecular weight excluding hydrogens is 490 g/mol. The summed E-state index contributed by atoms with van der Waals surface area (Å²) < 4.78 is 31.4. The van der Waals surface area contributed by atoms with Crippen LogP contribution in [0.1, 0.15) is 31.9 Å². The fourth-order valence-corrected chi connectivity index (χ4v) is 4.52. The van der Waals surface area contributed by atoms with E-state index in [4.69, 9.17) is 16.3 Å². The highest BCUT2D eigenvalue weighted by Gasteiger charge is 2.30. The number of benzene rings is 2. The average Bonchev–Trinajstić information content (AvgIpc) is 2.79. The normalized spacial score (nSPS) is 12.2. The van der Waals surface area contributed by atoms with E-state index >= 15 is 0 Å². The van der Waals surface area contributed by atoms with Crippen molar-refractivity contribution in [3.63, 3.8) is 0 Å². The van der Waals surface area contributed by atoms with E-state index in [1.807, 2.05) is 45.0 Å². The zero-order chi connectivity index (χ0) is 26.3. The molecule has 0 aromatic heterocycles. The molecule has 0 fully saturated rings. The zero-order valence-electron chi connectivity index (χ0n) is 21.0. The number of methoxy groups -OCH3 is 1. The van der Waals surface area contributed by atoms with Crippen LogP contribution < -0.4 is 14.4 Å². The van der Waals surface area contributed by atoms with Crippen LogP contribution in [-0.2, 0) is 26.2 Å². The monoisotopic (exact) mass is 523 g/mol. The topological polar surface area (TPSA) is 96.0 Å². The molecule has 0 unspecified atom stereocenters. The summed E-state index contributed by atoms with van der Waals surface area (Å²) in [4.78, 5) is 27.8. The van der Waals surface area contributed by atoms with E-state index in [-0.39, 0.29) is 29.1 Å². The van der Waals surface area contributed by atoms with Crippen LogP contribution in [0, 0.1) is 12.8 Å². The Morgan fingerprint density at radius 2 is 1.77 bits per heavy atom. The lowest BCUT2D eigenvalue weighted by molar-refractivity contribution is -0.139. The molecule has 35 heavy (non-hydrogen) atoms. The number of nitrogens with one attached hydrogen (secondary N) is 1. The summed E-state index contributed by atoms with van der Waals surface area (Å²) in [5, 5.41) is 3.07. The van der Waals surface area contributed by atoms with Gasteiger partial charge in [0, 0.05) is 13.1 Å². The summed E-state index contributed by atoms with van der Waals surface area (Å²) in [6, 6.07) is 11.2. The number of ether oxygens (including phenoxy) is 1. The summed E-state index contributed by atoms with van der Waals surface area (Å²) in [5.74, 6) is -0.198. The summed E-state index contributed by atoms with van der Waals surface area (Å²) in [6.45, 7) is 7.65. The Bertz CT molecular complexity index is 1150. The Kier molecular flexibility index (Phi) is 9.97. The molecule has 1 atom stereocenters. The summed E-state index contributed by atoms with van der Waals surface area (Å²) in [5.41, 5.74) is 2.05. The summed E-state index contributed by atoms with van der Waals surface area (Å²) >= 11 is 6.21. The number of amides is 2. The Hall–Kier alpha value is -2.78. The van der Waals surface area contributed by atoms with Gasteiger partial charge in [-0.05, 0) is 49.1 Å². The number of halogens is 1. The molecule has 2 rings (SSSR count). The van der Waals surface area contributed by atoms with Gasteiger partial charge in [-0.1, -0.05) is 49.7 Å². The molecule has 192 valence electrons. The molecule has 0 aliphatic heterocycles. The molecule has 0 saturated carbocycles. The van der Waals surface area contributed by atoms with Crippen molar-refractivity contribution in [2.24, 2.45) is 5.92 Å². The van der Waals surface area contributed by atoms with Crippen LogP contribution in [0.2, 0.25) is 5.02 Å². The van der Waals surface area contributed by atoms with Gasteiger partial charge in [-0.2, -0.15) is 0 Å². The molecule has 2 aromatic rings. The van der Waals surface area contributed by atoms with E-state index in [0.29, 0.717) is 12.3 Å². The van der Waals surface area contributed by atoms with E-state index in [2.05, 4.69) is 5.32 Å². The molecule has 0 aliphatic rings. The number of hydrogen-bond acceptors (Lipinski definition) is 5. The second-order valence-corrected chi connectivity index (χ2v) is 11.2. The molecular formula is C25H34ClN3O5S. The number of sulfonamides is 1. The number of rotatable bonds is 11. The van der Waals surface area contributed by atoms with Crippen LogP contribution in [0.25, 0.3) is 0 Å². The number of aryl methyl sites for hydroxylation is 1. The highest BCUT2D eigenvalue weighted by atomic mass is 35.5. The maximum atomic E-state index is 13.6. The van der Waals surface area contributed by atoms with E-state index in [0.717, 1.165) is 21.7 Å². The average molecular weight is 524 g/mol. The molecule has 8 nitrogen and oxygen atoms in total. The largest absolute Gasteiger partial charge is 0.495 e. The van der Waals surface area contributed by atoms with Crippen molar-refractivity contribution in [2.45, 2.75) is 40.3 Å². The van der Waals surface area contributed by atoms with Gasteiger partial charge in [0.2, 0.25) is 21.8 Å². The van der Waals surface area contributed by atoms with Crippen LogP contribution in [0.3, 0.4) is 0 Å². The standard InChI is InChI=1S/C25H34ClN3O5S/c1-17(2)14-27-25(31)19(4)28(15-20-10-8-7-9-18(20)3)24(30)16-29(35(6,32)33)21-11-12-23(34-5)22(26)13-21/h7-13,17,19H,14-16H2,1-6H3,(H,27,31)/t19-/m0/s1. The SMILES string of the molecule is COc1ccc(N(CC(=O)N(Cc2ccccc2C)[C@@H](C)C(=O)NCC(C)C)S(C)(=O)=O)cc1Cl. The van der Waals surface area contributed by atoms with Crippen molar-refractivity contribution in [3.8, 4) is 5.75 Å². The fourth-order valence-electron chi connectivity index (χ4n) is 3.43. The minimum atomic E-state index is -3.85. The molecule has 2 amide bonds. The third-order valence-electron chi connectivity index (χ3n) is 5.56. The van der Waals surface area contributed by atoms with Crippen LogP contribution in [-0.4, -0.2) is 57.6 Å². The van der Waals surface area contributed by atoms with Crippen LogP contribution in [0.4, 0.5) is 5.69 Å². The molecule has 1 N–H and O–H groups in total. The quantitative estimate of drug-likeness (QED) is 0.485. The first-order valence-electron chi connectivity index (χ1n) is 11.3. The van der Waals surface area contributed by atoms with Gasteiger partial charge >= 0.3 is 0 Å². The highest BCUT2D eigenvalue weighted by molar-refractivity contribution is 7.92.